The largest absolute Gasteiger partial charge is 0.461 e. The van der Waals surface area contributed by atoms with Crippen LogP contribution in [-0.2, 0) is 6.18 Å². The van der Waals surface area contributed by atoms with Crippen LogP contribution in [-0.4, -0.2) is 77.4 Å². The first-order chi connectivity index (χ1) is 19.1. The number of halogens is 5. The van der Waals surface area contributed by atoms with Gasteiger partial charge in [0.2, 0.25) is 0 Å². The van der Waals surface area contributed by atoms with Crippen LogP contribution in [0.2, 0.25) is 0 Å². The lowest BCUT2D eigenvalue weighted by atomic mass is 9.95. The Bertz CT molecular complexity index is 1430. The van der Waals surface area contributed by atoms with Gasteiger partial charge in [-0.1, -0.05) is 18.2 Å². The van der Waals surface area contributed by atoms with Crippen molar-refractivity contribution < 1.29 is 26.7 Å². The molecule has 0 bridgehead atoms. The zero-order chi connectivity index (χ0) is 28.2. The molecule has 6 rings (SSSR count). The summed E-state index contributed by atoms with van der Waals surface area (Å²) in [6, 6.07) is 3.95. The van der Waals surface area contributed by atoms with Gasteiger partial charge >= 0.3 is 12.2 Å². The van der Waals surface area contributed by atoms with E-state index in [4.69, 9.17) is 4.74 Å². The van der Waals surface area contributed by atoms with E-state index >= 15 is 4.39 Å². The van der Waals surface area contributed by atoms with Crippen molar-refractivity contribution in [1.29, 1.82) is 0 Å². The normalized spacial score (nSPS) is 25.1. The van der Waals surface area contributed by atoms with Gasteiger partial charge in [0.05, 0.1) is 16.5 Å². The van der Waals surface area contributed by atoms with Crippen molar-refractivity contribution in [1.82, 2.24) is 25.2 Å². The zero-order valence-electron chi connectivity index (χ0n) is 22.4. The number of ether oxygens (including phenoxy) is 1. The number of aromatic nitrogens is 3. The SMILES string of the molecule is Cc1cccc(-c2ncc3c(N(C)[C@@H]4CCNC4)nc(OC[C@@]45CCCN4C[C@H](F)C5)nc3c2F)c1C(F)(F)F. The maximum Gasteiger partial charge on any atom is 0.417 e. The van der Waals surface area contributed by atoms with Crippen molar-refractivity contribution in [3.63, 3.8) is 0 Å². The number of nitrogens with one attached hydrogen (secondary N) is 1. The van der Waals surface area contributed by atoms with Crippen LogP contribution in [0.3, 0.4) is 0 Å². The highest BCUT2D eigenvalue weighted by atomic mass is 19.4. The van der Waals surface area contributed by atoms with Crippen molar-refractivity contribution in [3.05, 3.63) is 41.3 Å². The number of nitrogens with zero attached hydrogens (tertiary/aromatic N) is 5. The number of pyridine rings is 1. The molecule has 3 fully saturated rings. The van der Waals surface area contributed by atoms with Gasteiger partial charge in [-0.2, -0.15) is 23.1 Å². The van der Waals surface area contributed by atoms with Gasteiger partial charge in [-0.3, -0.25) is 9.88 Å². The molecule has 3 aromatic rings. The van der Waals surface area contributed by atoms with E-state index in [-0.39, 0.29) is 40.7 Å². The quantitative estimate of drug-likeness (QED) is 0.429. The minimum atomic E-state index is -4.70. The predicted molar refractivity (Wildman–Crippen MR) is 141 cm³/mol. The number of rotatable bonds is 6. The molecule has 5 heterocycles. The van der Waals surface area contributed by atoms with E-state index in [2.05, 4.69) is 25.2 Å². The second-order valence-electron chi connectivity index (χ2n) is 11.1. The van der Waals surface area contributed by atoms with E-state index in [9.17, 15) is 17.6 Å². The van der Waals surface area contributed by atoms with Crippen molar-refractivity contribution in [2.24, 2.45) is 0 Å². The average Bonchev–Trinajstić information content (AvgIpc) is 3.63. The smallest absolute Gasteiger partial charge is 0.417 e. The number of hydrogen-bond acceptors (Lipinski definition) is 7. The number of benzene rings is 1. The Morgan fingerprint density at radius 3 is 2.83 bits per heavy atom. The van der Waals surface area contributed by atoms with Crippen LogP contribution in [0.5, 0.6) is 6.01 Å². The molecule has 0 saturated carbocycles. The molecule has 3 aliphatic heterocycles. The Kier molecular flexibility index (Phi) is 6.81. The third-order valence-corrected chi connectivity index (χ3v) is 8.60. The summed E-state index contributed by atoms with van der Waals surface area (Å²) in [6.45, 7) is 4.12. The lowest BCUT2D eigenvalue weighted by Gasteiger charge is -2.31. The van der Waals surface area contributed by atoms with Crippen LogP contribution >= 0.6 is 0 Å². The number of aryl methyl sites for hydroxylation is 1. The molecule has 0 spiro atoms. The topological polar surface area (TPSA) is 66.4 Å². The van der Waals surface area contributed by atoms with Gasteiger partial charge in [-0.15, -0.1) is 0 Å². The molecular formula is C28H31F5N6O. The Balaban J connectivity index is 1.46. The number of anilines is 1. The van der Waals surface area contributed by atoms with E-state index in [1.54, 1.807) is 0 Å². The summed E-state index contributed by atoms with van der Waals surface area (Å²) in [5.41, 5.74) is -2.42. The average molecular weight is 563 g/mol. The van der Waals surface area contributed by atoms with Crippen LogP contribution in [0.15, 0.2) is 24.4 Å². The molecule has 2 aromatic heterocycles. The van der Waals surface area contributed by atoms with Crippen LogP contribution < -0.4 is 15.0 Å². The summed E-state index contributed by atoms with van der Waals surface area (Å²) in [5.74, 6) is -0.604. The van der Waals surface area contributed by atoms with Crippen molar-refractivity contribution >= 4 is 16.7 Å². The molecule has 0 amide bonds. The zero-order valence-corrected chi connectivity index (χ0v) is 22.4. The van der Waals surface area contributed by atoms with Gasteiger partial charge < -0.3 is 15.0 Å². The maximum atomic E-state index is 16.2. The van der Waals surface area contributed by atoms with Gasteiger partial charge in [0.15, 0.2) is 5.82 Å². The number of alkyl halides is 4. The van der Waals surface area contributed by atoms with Crippen molar-refractivity contribution in [2.75, 3.05) is 44.7 Å². The van der Waals surface area contributed by atoms with Gasteiger partial charge in [0, 0.05) is 44.4 Å². The summed E-state index contributed by atoms with van der Waals surface area (Å²) >= 11 is 0. The van der Waals surface area contributed by atoms with Crippen LogP contribution in [0.4, 0.5) is 27.8 Å². The minimum absolute atomic E-state index is 0.0322. The highest BCUT2D eigenvalue weighted by molar-refractivity contribution is 5.92. The molecule has 1 N–H and O–H groups in total. The fourth-order valence-electron chi connectivity index (χ4n) is 6.57. The summed E-state index contributed by atoms with van der Waals surface area (Å²) in [7, 11) is 1.83. The Morgan fingerprint density at radius 1 is 1.25 bits per heavy atom. The monoisotopic (exact) mass is 562 g/mol. The molecule has 1 aromatic carbocycles. The highest BCUT2D eigenvalue weighted by Gasteiger charge is 2.49. The standard InChI is InChI=1S/C28H31F5N6O/c1-16-5-3-6-19(21(16)28(31,32)33)23-22(30)24-20(13-35-23)25(38(2)18-7-9-34-12-18)37-26(36-24)40-15-27-8-4-10-39(27)14-17(29)11-27/h3,5-6,13,17-18,34H,4,7-12,14-15H2,1-2H3/t17-,18-,27+/m1/s1. The summed E-state index contributed by atoms with van der Waals surface area (Å²) in [4.78, 5) is 17.1. The Hall–Kier alpha value is -3.12. The summed E-state index contributed by atoms with van der Waals surface area (Å²) in [6.07, 6.45) is -1.43. The second kappa shape index (κ2) is 10.1. The minimum Gasteiger partial charge on any atom is -0.461 e. The van der Waals surface area contributed by atoms with Gasteiger partial charge in [0.25, 0.3) is 0 Å². The Morgan fingerprint density at radius 2 is 2.08 bits per heavy atom. The van der Waals surface area contributed by atoms with Crippen molar-refractivity contribution in [2.45, 2.75) is 56.5 Å². The molecule has 3 saturated heterocycles. The first-order valence-electron chi connectivity index (χ1n) is 13.6. The molecule has 12 heteroatoms. The molecule has 7 nitrogen and oxygen atoms in total. The van der Waals surface area contributed by atoms with E-state index in [0.29, 0.717) is 25.3 Å². The van der Waals surface area contributed by atoms with Crippen LogP contribution in [0.1, 0.15) is 36.8 Å². The molecule has 40 heavy (non-hydrogen) atoms. The fourth-order valence-corrected chi connectivity index (χ4v) is 6.57. The second-order valence-corrected chi connectivity index (χ2v) is 11.1. The number of likely N-dealkylation sites (N-methyl/N-ethyl adjacent to an activating group) is 1. The molecule has 214 valence electrons. The first kappa shape index (κ1) is 27.1. The van der Waals surface area contributed by atoms with E-state index in [1.807, 2.05) is 11.9 Å². The van der Waals surface area contributed by atoms with Gasteiger partial charge in [-0.05, 0) is 44.8 Å². The van der Waals surface area contributed by atoms with Crippen LogP contribution in [0, 0.1) is 12.7 Å². The fraction of sp³-hybridized carbons (Fsp3) is 0.536. The molecule has 0 aliphatic carbocycles. The predicted octanol–water partition coefficient (Wildman–Crippen LogP) is 4.91. The third kappa shape index (κ3) is 4.64. The first-order valence-corrected chi connectivity index (χ1v) is 13.6. The molecule has 0 radical (unpaired) electrons. The lowest BCUT2D eigenvalue weighted by molar-refractivity contribution is -0.137. The van der Waals surface area contributed by atoms with E-state index in [0.717, 1.165) is 32.4 Å². The van der Waals surface area contributed by atoms with E-state index in [1.165, 1.54) is 31.3 Å². The molecular weight excluding hydrogens is 531 g/mol. The summed E-state index contributed by atoms with van der Waals surface area (Å²) < 4.78 is 78.5. The number of hydrogen-bond donors (Lipinski definition) is 1. The maximum absolute atomic E-state index is 16.2. The number of fused-ring (bicyclic) bond motifs is 2. The molecule has 3 atom stereocenters. The van der Waals surface area contributed by atoms with Crippen molar-refractivity contribution in [3.8, 4) is 17.3 Å². The van der Waals surface area contributed by atoms with Crippen LogP contribution in [0.25, 0.3) is 22.2 Å². The molecule has 3 aliphatic rings. The molecule has 0 unspecified atom stereocenters. The summed E-state index contributed by atoms with van der Waals surface area (Å²) in [5, 5.41) is 3.56. The van der Waals surface area contributed by atoms with Gasteiger partial charge in [-0.25, -0.2) is 8.78 Å². The van der Waals surface area contributed by atoms with E-state index < -0.39 is 35.0 Å². The Labute approximate surface area is 228 Å². The highest BCUT2D eigenvalue weighted by Crippen LogP contribution is 2.42. The lowest BCUT2D eigenvalue weighted by Crippen LogP contribution is -2.43. The van der Waals surface area contributed by atoms with Gasteiger partial charge in [0.1, 0.15) is 29.8 Å². The third-order valence-electron chi connectivity index (χ3n) is 8.60.